The van der Waals surface area contributed by atoms with Gasteiger partial charge in [0, 0.05) is 6.54 Å². The first-order chi connectivity index (χ1) is 15.2. The lowest BCUT2D eigenvalue weighted by Gasteiger charge is -2.27. The van der Waals surface area contributed by atoms with Crippen LogP contribution < -0.4 is 14.2 Å². The third-order valence-electron chi connectivity index (χ3n) is 4.61. The van der Waals surface area contributed by atoms with Gasteiger partial charge in [-0.15, -0.1) is 24.9 Å². The molecule has 174 valence electrons. The van der Waals surface area contributed by atoms with E-state index in [4.69, 9.17) is 14.6 Å². The largest absolute Gasteiger partial charge is 0.573 e. The lowest BCUT2D eigenvalue weighted by atomic mass is 10.1. The van der Waals surface area contributed by atoms with Gasteiger partial charge in [0.15, 0.2) is 0 Å². The van der Waals surface area contributed by atoms with Crippen LogP contribution in [0, 0.1) is 0 Å². The lowest BCUT2D eigenvalue weighted by molar-refractivity contribution is -0.274. The summed E-state index contributed by atoms with van der Waals surface area (Å²) in [5.41, 5.74) is 1.21. The third-order valence-corrected chi connectivity index (χ3v) is 5.83. The Morgan fingerprint density at radius 3 is 2.50 bits per heavy atom. The Hall–Kier alpha value is -2.63. The lowest BCUT2D eigenvalue weighted by Crippen LogP contribution is -2.28. The first-order valence-corrected chi connectivity index (χ1v) is 10.6. The summed E-state index contributed by atoms with van der Waals surface area (Å²) in [4.78, 5) is 14.2. The van der Waals surface area contributed by atoms with Crippen molar-refractivity contribution in [2.75, 3.05) is 26.1 Å². The number of aliphatic hydroxyl groups excluding tert-OH is 2. The van der Waals surface area contributed by atoms with E-state index >= 15 is 0 Å². The van der Waals surface area contributed by atoms with Crippen LogP contribution in [0.3, 0.4) is 0 Å². The van der Waals surface area contributed by atoms with E-state index in [2.05, 4.69) is 4.74 Å². The molecule has 3 rings (SSSR count). The van der Waals surface area contributed by atoms with E-state index in [0.29, 0.717) is 22.6 Å². The molecule has 11 heteroatoms. The third kappa shape index (κ3) is 5.99. The molecule has 1 saturated heterocycles. The van der Waals surface area contributed by atoms with Crippen LogP contribution in [0.4, 0.5) is 13.2 Å². The highest BCUT2D eigenvalue weighted by molar-refractivity contribution is 8.00. The zero-order valence-corrected chi connectivity index (χ0v) is 17.9. The van der Waals surface area contributed by atoms with Gasteiger partial charge in [0.2, 0.25) is 5.91 Å². The first-order valence-electron chi connectivity index (χ1n) is 9.56. The summed E-state index contributed by atoms with van der Waals surface area (Å²) in [5.74, 6) is 0.581. The summed E-state index contributed by atoms with van der Waals surface area (Å²) in [6.45, 7) is -0.460. The van der Waals surface area contributed by atoms with Crippen molar-refractivity contribution in [3.63, 3.8) is 0 Å². The van der Waals surface area contributed by atoms with Crippen LogP contribution in [-0.2, 0) is 11.3 Å². The number of carbonyl (C=O) groups excluding carboxylic acids is 1. The second kappa shape index (κ2) is 10.3. The molecule has 0 spiro atoms. The Labute approximate surface area is 186 Å². The number of alkyl halides is 3. The molecule has 1 fully saturated rings. The average Bonchev–Trinajstić information content (AvgIpc) is 3.11. The number of aliphatic hydroxyl groups is 2. The number of rotatable bonds is 9. The molecule has 1 aliphatic heterocycles. The number of hydrogen-bond donors (Lipinski definition) is 2. The molecule has 1 aliphatic rings. The van der Waals surface area contributed by atoms with Gasteiger partial charge < -0.3 is 29.3 Å². The topological polar surface area (TPSA) is 88.5 Å². The highest BCUT2D eigenvalue weighted by Crippen LogP contribution is 2.47. The molecule has 0 bridgehead atoms. The van der Waals surface area contributed by atoms with Crippen LogP contribution in [0.2, 0.25) is 0 Å². The number of methoxy groups -OCH3 is 1. The second-order valence-electron chi connectivity index (χ2n) is 6.90. The van der Waals surface area contributed by atoms with Crippen LogP contribution in [0.25, 0.3) is 0 Å². The van der Waals surface area contributed by atoms with Gasteiger partial charge in [-0.1, -0.05) is 18.2 Å². The molecule has 2 N–H and O–H groups in total. The molecule has 0 aliphatic carbocycles. The van der Waals surface area contributed by atoms with E-state index in [-0.39, 0.29) is 30.6 Å². The second-order valence-corrected chi connectivity index (χ2v) is 7.96. The fraction of sp³-hybridized carbons (Fsp3) is 0.381. The standard InChI is InChI=1S/C21H22F3NO6S/c1-29-16-3-2-4-17(30-11-14(27)10-26)19(16)20-25(18(28)12-32-20)9-13-5-7-15(8-6-13)31-21(22,23)24/h2-8,14,20,26-27H,9-12H2,1H3/t14?,20-/m0/s1. The van der Waals surface area contributed by atoms with Crippen molar-refractivity contribution in [1.82, 2.24) is 4.90 Å². The molecule has 7 nitrogen and oxygen atoms in total. The average molecular weight is 473 g/mol. The molecule has 2 aromatic carbocycles. The van der Waals surface area contributed by atoms with E-state index in [1.807, 2.05) is 0 Å². The zero-order chi connectivity index (χ0) is 23.3. The van der Waals surface area contributed by atoms with Crippen molar-refractivity contribution >= 4 is 17.7 Å². The number of ether oxygens (including phenoxy) is 3. The van der Waals surface area contributed by atoms with Crippen LogP contribution >= 0.6 is 11.8 Å². The highest BCUT2D eigenvalue weighted by Gasteiger charge is 2.37. The van der Waals surface area contributed by atoms with Gasteiger partial charge in [-0.05, 0) is 29.8 Å². The van der Waals surface area contributed by atoms with Crippen molar-refractivity contribution < 1.29 is 42.4 Å². The van der Waals surface area contributed by atoms with E-state index in [9.17, 15) is 23.1 Å². The van der Waals surface area contributed by atoms with Crippen LogP contribution in [0.15, 0.2) is 42.5 Å². The number of thioether (sulfide) groups is 1. The molecular formula is C21H22F3NO6S. The number of amides is 1. The van der Waals surface area contributed by atoms with Crippen LogP contribution in [-0.4, -0.2) is 59.6 Å². The number of hydrogen-bond acceptors (Lipinski definition) is 7. The monoisotopic (exact) mass is 473 g/mol. The van der Waals surface area contributed by atoms with Crippen molar-refractivity contribution in [2.45, 2.75) is 24.4 Å². The Balaban J connectivity index is 1.84. The highest BCUT2D eigenvalue weighted by atomic mass is 32.2. The number of nitrogens with zero attached hydrogens (tertiary/aromatic N) is 1. The number of halogens is 3. The van der Waals surface area contributed by atoms with E-state index in [0.717, 1.165) is 0 Å². The maximum Gasteiger partial charge on any atom is 0.573 e. The summed E-state index contributed by atoms with van der Waals surface area (Å²) in [5, 5.41) is 18.2. The van der Waals surface area contributed by atoms with Gasteiger partial charge >= 0.3 is 6.36 Å². The Morgan fingerprint density at radius 2 is 1.88 bits per heavy atom. The minimum atomic E-state index is -4.78. The predicted octanol–water partition coefficient (Wildman–Crippen LogP) is 3.10. The molecule has 1 amide bonds. The number of benzene rings is 2. The smallest absolute Gasteiger partial charge is 0.496 e. The fourth-order valence-electron chi connectivity index (χ4n) is 3.17. The maximum atomic E-state index is 12.6. The van der Waals surface area contributed by atoms with Crippen molar-refractivity contribution in [2.24, 2.45) is 0 Å². The molecule has 0 aromatic heterocycles. The zero-order valence-electron chi connectivity index (χ0n) is 17.0. The summed E-state index contributed by atoms with van der Waals surface area (Å²) >= 11 is 1.36. The molecule has 0 radical (unpaired) electrons. The summed E-state index contributed by atoms with van der Waals surface area (Å²) in [7, 11) is 1.48. The SMILES string of the molecule is COc1cccc(OCC(O)CO)c1[C@@H]1SCC(=O)N1Cc1ccc(OC(F)(F)F)cc1. The van der Waals surface area contributed by atoms with Crippen LogP contribution in [0.1, 0.15) is 16.5 Å². The summed E-state index contributed by atoms with van der Waals surface area (Å²) < 4.78 is 52.1. The molecule has 2 atom stereocenters. The maximum absolute atomic E-state index is 12.6. The Morgan fingerprint density at radius 1 is 1.19 bits per heavy atom. The van der Waals surface area contributed by atoms with Gasteiger partial charge in [0.05, 0.1) is 25.0 Å². The quantitative estimate of drug-likeness (QED) is 0.579. The first kappa shape index (κ1) is 24.0. The summed E-state index contributed by atoms with van der Waals surface area (Å²) in [6.07, 6.45) is -5.85. The molecule has 1 unspecified atom stereocenters. The summed E-state index contributed by atoms with van der Waals surface area (Å²) in [6, 6.07) is 10.4. The molecule has 0 saturated carbocycles. The Bertz CT molecular complexity index is 925. The van der Waals surface area contributed by atoms with Crippen molar-refractivity contribution in [1.29, 1.82) is 0 Å². The minimum absolute atomic E-state index is 0.150. The van der Waals surface area contributed by atoms with Gasteiger partial charge in [0.1, 0.15) is 35.3 Å². The molecule has 1 heterocycles. The number of carbonyl (C=O) groups is 1. The molecular weight excluding hydrogens is 451 g/mol. The van der Waals surface area contributed by atoms with Crippen molar-refractivity contribution in [3.05, 3.63) is 53.6 Å². The van der Waals surface area contributed by atoms with Gasteiger partial charge in [-0.3, -0.25) is 4.79 Å². The predicted molar refractivity (Wildman–Crippen MR) is 110 cm³/mol. The van der Waals surface area contributed by atoms with Gasteiger partial charge in [-0.25, -0.2) is 0 Å². The minimum Gasteiger partial charge on any atom is -0.496 e. The van der Waals surface area contributed by atoms with Gasteiger partial charge in [0.25, 0.3) is 0 Å². The normalized spacial score (nSPS) is 17.4. The van der Waals surface area contributed by atoms with E-state index in [1.165, 1.54) is 43.1 Å². The van der Waals surface area contributed by atoms with E-state index in [1.54, 1.807) is 23.1 Å². The Kier molecular flexibility index (Phi) is 7.75. The van der Waals surface area contributed by atoms with Crippen LogP contribution in [0.5, 0.6) is 17.2 Å². The van der Waals surface area contributed by atoms with E-state index < -0.39 is 24.4 Å². The van der Waals surface area contributed by atoms with Crippen molar-refractivity contribution in [3.8, 4) is 17.2 Å². The molecule has 32 heavy (non-hydrogen) atoms. The molecule has 2 aromatic rings. The van der Waals surface area contributed by atoms with Gasteiger partial charge in [-0.2, -0.15) is 0 Å². The fourth-order valence-corrected chi connectivity index (χ4v) is 4.40.